The fourth-order valence-electron chi connectivity index (χ4n) is 1.18. The standard InChI is InChI=1S/C9H17F3O3/c1-4-13-9(14-5-2,15-6-3)7-8(10,11)12/h4-7H2,1-3H3. The van der Waals surface area contributed by atoms with E-state index in [1.54, 1.807) is 20.8 Å². The van der Waals surface area contributed by atoms with E-state index in [2.05, 4.69) is 0 Å². The van der Waals surface area contributed by atoms with Crippen LogP contribution < -0.4 is 0 Å². The Morgan fingerprint density at radius 1 is 0.800 bits per heavy atom. The maximum Gasteiger partial charge on any atom is 0.396 e. The zero-order valence-electron chi connectivity index (χ0n) is 9.19. The van der Waals surface area contributed by atoms with Crippen LogP contribution in [-0.4, -0.2) is 32.0 Å². The zero-order chi connectivity index (χ0) is 11.9. The van der Waals surface area contributed by atoms with Gasteiger partial charge in [-0.25, -0.2) is 0 Å². The van der Waals surface area contributed by atoms with E-state index in [1.807, 2.05) is 0 Å². The molecule has 0 aromatic carbocycles. The number of hydrogen-bond donors (Lipinski definition) is 0. The minimum Gasteiger partial charge on any atom is -0.327 e. The average molecular weight is 230 g/mol. The minimum atomic E-state index is -4.39. The van der Waals surface area contributed by atoms with Gasteiger partial charge in [-0.1, -0.05) is 0 Å². The second kappa shape index (κ2) is 6.30. The first kappa shape index (κ1) is 14.7. The number of ether oxygens (including phenoxy) is 3. The fraction of sp³-hybridized carbons (Fsp3) is 1.00. The second-order valence-electron chi connectivity index (χ2n) is 2.77. The molecule has 0 rings (SSSR count). The highest BCUT2D eigenvalue weighted by molar-refractivity contribution is 4.64. The van der Waals surface area contributed by atoms with Gasteiger partial charge in [0, 0.05) is 19.8 Å². The molecular formula is C9H17F3O3. The summed E-state index contributed by atoms with van der Waals surface area (Å²) in [6.07, 6.45) is -5.66. The Kier molecular flexibility index (Phi) is 6.16. The highest BCUT2D eigenvalue weighted by Crippen LogP contribution is 2.32. The van der Waals surface area contributed by atoms with Gasteiger partial charge in [-0.15, -0.1) is 0 Å². The van der Waals surface area contributed by atoms with Crippen LogP contribution in [-0.2, 0) is 14.2 Å². The van der Waals surface area contributed by atoms with E-state index in [9.17, 15) is 13.2 Å². The maximum absolute atomic E-state index is 12.3. The second-order valence-corrected chi connectivity index (χ2v) is 2.77. The topological polar surface area (TPSA) is 27.7 Å². The van der Waals surface area contributed by atoms with Crippen LogP contribution in [0.15, 0.2) is 0 Å². The van der Waals surface area contributed by atoms with Crippen molar-refractivity contribution in [3.05, 3.63) is 0 Å². The molecule has 0 aliphatic rings. The Morgan fingerprint density at radius 3 is 1.33 bits per heavy atom. The Bertz CT molecular complexity index is 153. The van der Waals surface area contributed by atoms with Gasteiger partial charge in [0.2, 0.25) is 0 Å². The van der Waals surface area contributed by atoms with E-state index >= 15 is 0 Å². The molecule has 0 saturated heterocycles. The lowest BCUT2D eigenvalue weighted by molar-refractivity contribution is -0.403. The first-order valence-electron chi connectivity index (χ1n) is 4.87. The molecule has 0 aromatic heterocycles. The molecular weight excluding hydrogens is 213 g/mol. The zero-order valence-corrected chi connectivity index (χ0v) is 9.19. The first-order valence-corrected chi connectivity index (χ1v) is 4.87. The molecule has 0 aliphatic carbocycles. The third kappa shape index (κ3) is 5.96. The van der Waals surface area contributed by atoms with Crippen molar-refractivity contribution in [1.82, 2.24) is 0 Å². The van der Waals surface area contributed by atoms with Crippen LogP contribution >= 0.6 is 0 Å². The van der Waals surface area contributed by atoms with Crippen molar-refractivity contribution < 1.29 is 27.4 Å². The van der Waals surface area contributed by atoms with Gasteiger partial charge in [0.05, 0.1) is 0 Å². The van der Waals surface area contributed by atoms with E-state index in [-0.39, 0.29) is 19.8 Å². The highest BCUT2D eigenvalue weighted by atomic mass is 19.4. The monoisotopic (exact) mass is 230 g/mol. The van der Waals surface area contributed by atoms with Crippen molar-refractivity contribution in [3.8, 4) is 0 Å². The van der Waals surface area contributed by atoms with E-state index in [1.165, 1.54) is 0 Å². The molecule has 6 heteroatoms. The smallest absolute Gasteiger partial charge is 0.327 e. The molecule has 3 nitrogen and oxygen atoms in total. The number of alkyl halides is 3. The molecule has 0 spiro atoms. The summed E-state index contributed by atoms with van der Waals surface area (Å²) in [7, 11) is 0. The molecule has 0 atom stereocenters. The summed E-state index contributed by atoms with van der Waals surface area (Å²) in [4.78, 5) is 0. The van der Waals surface area contributed by atoms with Crippen LogP contribution in [0.4, 0.5) is 13.2 Å². The molecule has 92 valence electrons. The van der Waals surface area contributed by atoms with Gasteiger partial charge < -0.3 is 14.2 Å². The van der Waals surface area contributed by atoms with Gasteiger partial charge in [0.25, 0.3) is 5.97 Å². The lowest BCUT2D eigenvalue weighted by Gasteiger charge is -2.32. The summed E-state index contributed by atoms with van der Waals surface area (Å²) in [6.45, 7) is 5.04. The molecule has 0 amide bonds. The molecule has 0 aromatic rings. The van der Waals surface area contributed by atoms with Crippen molar-refractivity contribution >= 4 is 0 Å². The number of rotatable bonds is 7. The van der Waals surface area contributed by atoms with E-state index in [0.717, 1.165) is 0 Å². The molecule has 0 saturated carbocycles. The van der Waals surface area contributed by atoms with Crippen LogP contribution in [0.25, 0.3) is 0 Å². The predicted molar refractivity (Wildman–Crippen MR) is 48.3 cm³/mol. The van der Waals surface area contributed by atoms with Crippen molar-refractivity contribution in [2.24, 2.45) is 0 Å². The summed E-state index contributed by atoms with van der Waals surface area (Å²) in [6, 6.07) is 0. The van der Waals surface area contributed by atoms with Crippen molar-refractivity contribution in [2.45, 2.75) is 39.3 Å². The Hall–Kier alpha value is -0.330. The van der Waals surface area contributed by atoms with Crippen molar-refractivity contribution in [3.63, 3.8) is 0 Å². The van der Waals surface area contributed by atoms with Crippen LogP contribution in [0.5, 0.6) is 0 Å². The van der Waals surface area contributed by atoms with Crippen LogP contribution in [0, 0.1) is 0 Å². The molecule has 0 heterocycles. The third-order valence-corrected chi connectivity index (χ3v) is 1.51. The number of halogens is 3. The Labute approximate surface area is 87.5 Å². The summed E-state index contributed by atoms with van der Waals surface area (Å²) < 4.78 is 51.6. The van der Waals surface area contributed by atoms with Gasteiger partial charge >= 0.3 is 6.18 Å². The largest absolute Gasteiger partial charge is 0.396 e. The SMILES string of the molecule is CCOC(CC(F)(F)F)(OCC)OCC. The maximum atomic E-state index is 12.3. The van der Waals surface area contributed by atoms with Crippen molar-refractivity contribution in [1.29, 1.82) is 0 Å². The average Bonchev–Trinajstić information content (AvgIpc) is 2.01. The van der Waals surface area contributed by atoms with Crippen LogP contribution in [0.1, 0.15) is 27.2 Å². The molecule has 0 fully saturated rings. The van der Waals surface area contributed by atoms with E-state index < -0.39 is 18.6 Å². The molecule has 0 N–H and O–H groups in total. The van der Waals surface area contributed by atoms with Crippen LogP contribution in [0.3, 0.4) is 0 Å². The van der Waals surface area contributed by atoms with E-state index in [4.69, 9.17) is 14.2 Å². The first-order chi connectivity index (χ1) is 6.89. The summed E-state index contributed by atoms with van der Waals surface area (Å²) in [5.41, 5.74) is 0. The van der Waals surface area contributed by atoms with E-state index in [0.29, 0.717) is 0 Å². The predicted octanol–water partition coefficient (Wildman–Crippen LogP) is 2.70. The summed E-state index contributed by atoms with van der Waals surface area (Å²) in [5.74, 6) is -1.99. The summed E-state index contributed by atoms with van der Waals surface area (Å²) in [5, 5.41) is 0. The lowest BCUT2D eigenvalue weighted by Crippen LogP contribution is -2.43. The Morgan fingerprint density at radius 2 is 1.13 bits per heavy atom. The third-order valence-electron chi connectivity index (χ3n) is 1.51. The molecule has 0 aliphatic heterocycles. The van der Waals surface area contributed by atoms with Gasteiger partial charge in [0.1, 0.15) is 6.42 Å². The highest BCUT2D eigenvalue weighted by Gasteiger charge is 2.45. The normalized spacial score (nSPS) is 13.2. The molecule has 0 bridgehead atoms. The molecule has 15 heavy (non-hydrogen) atoms. The summed E-state index contributed by atoms with van der Waals surface area (Å²) >= 11 is 0. The quantitative estimate of drug-likeness (QED) is 0.629. The fourth-order valence-corrected chi connectivity index (χ4v) is 1.18. The van der Waals surface area contributed by atoms with Gasteiger partial charge in [-0.2, -0.15) is 13.2 Å². The van der Waals surface area contributed by atoms with Gasteiger partial charge in [-0.3, -0.25) is 0 Å². The van der Waals surface area contributed by atoms with Gasteiger partial charge in [-0.05, 0) is 20.8 Å². The lowest BCUT2D eigenvalue weighted by atomic mass is 10.3. The van der Waals surface area contributed by atoms with Crippen LogP contribution in [0.2, 0.25) is 0 Å². The molecule has 0 radical (unpaired) electrons. The Balaban J connectivity index is 4.60. The number of hydrogen-bond acceptors (Lipinski definition) is 3. The van der Waals surface area contributed by atoms with Crippen molar-refractivity contribution in [2.75, 3.05) is 19.8 Å². The minimum absolute atomic E-state index is 0.0933. The molecule has 0 unspecified atom stereocenters. The van der Waals surface area contributed by atoms with Gasteiger partial charge in [0.15, 0.2) is 0 Å².